The molecule has 2 N–H and O–H groups in total. The molecule has 0 saturated heterocycles. The summed E-state index contributed by atoms with van der Waals surface area (Å²) in [4.78, 5) is 9.79. The summed E-state index contributed by atoms with van der Waals surface area (Å²) in [6, 6.07) is 13.0. The Morgan fingerprint density at radius 1 is 1.29 bits per heavy atom. The smallest absolute Gasteiger partial charge is 0.223 e. The van der Waals surface area contributed by atoms with E-state index in [-0.39, 0.29) is 0 Å². The summed E-state index contributed by atoms with van der Waals surface area (Å²) in [6.07, 6.45) is 3.43. The van der Waals surface area contributed by atoms with Gasteiger partial charge in [-0.15, -0.1) is 0 Å². The first kappa shape index (κ1) is 15.9. The van der Waals surface area contributed by atoms with Crippen molar-refractivity contribution in [3.63, 3.8) is 0 Å². The fourth-order valence-electron chi connectivity index (χ4n) is 2.10. The molecule has 0 aliphatic carbocycles. The van der Waals surface area contributed by atoms with Crippen molar-refractivity contribution < 1.29 is 4.74 Å². The first-order valence-electron chi connectivity index (χ1n) is 7.30. The zero-order chi connectivity index (χ0) is 16.9. The quantitative estimate of drug-likeness (QED) is 0.567. The second kappa shape index (κ2) is 7.10. The van der Waals surface area contributed by atoms with Crippen molar-refractivity contribution in [3.8, 4) is 5.75 Å². The standard InChI is InChI=1S/C17H17N5OS/c1-12-10-16(18)22(24-12)17(21-14-4-3-9-19-11-14)20-13-5-7-15(23-2)8-6-13/h3-11,18H,1-2H3,(H,20,21). The average Bonchev–Trinajstić information content (AvgIpc) is 2.94. The van der Waals surface area contributed by atoms with Gasteiger partial charge in [-0.1, -0.05) is 11.5 Å². The molecule has 2 heterocycles. The van der Waals surface area contributed by atoms with Crippen LogP contribution in [-0.4, -0.2) is 22.0 Å². The molecule has 0 unspecified atom stereocenters. The molecular weight excluding hydrogens is 322 g/mol. The zero-order valence-corrected chi connectivity index (χ0v) is 14.2. The predicted molar refractivity (Wildman–Crippen MR) is 96.2 cm³/mol. The Bertz CT molecular complexity index is 897. The predicted octanol–water partition coefficient (Wildman–Crippen LogP) is 3.39. The highest BCUT2D eigenvalue weighted by Gasteiger charge is 2.08. The molecule has 3 rings (SSSR count). The number of anilines is 1. The van der Waals surface area contributed by atoms with E-state index in [0.29, 0.717) is 11.4 Å². The lowest BCUT2D eigenvalue weighted by molar-refractivity contribution is 0.415. The van der Waals surface area contributed by atoms with Crippen LogP contribution >= 0.6 is 11.5 Å². The number of rotatable bonds is 3. The van der Waals surface area contributed by atoms with Gasteiger partial charge < -0.3 is 10.1 Å². The van der Waals surface area contributed by atoms with Gasteiger partial charge in [0.1, 0.15) is 11.2 Å². The molecular formula is C17H17N5OS. The lowest BCUT2D eigenvalue weighted by Crippen LogP contribution is -2.28. The summed E-state index contributed by atoms with van der Waals surface area (Å²) in [5, 5.41) is 11.4. The number of aromatic nitrogens is 2. The van der Waals surface area contributed by atoms with Crippen LogP contribution in [0.3, 0.4) is 0 Å². The van der Waals surface area contributed by atoms with E-state index in [0.717, 1.165) is 22.0 Å². The van der Waals surface area contributed by atoms with Crippen molar-refractivity contribution in [3.05, 3.63) is 65.2 Å². The van der Waals surface area contributed by atoms with Gasteiger partial charge in [0.2, 0.25) is 5.96 Å². The van der Waals surface area contributed by atoms with E-state index in [1.807, 2.05) is 43.3 Å². The minimum Gasteiger partial charge on any atom is -0.497 e. The van der Waals surface area contributed by atoms with Gasteiger partial charge in [-0.05, 0) is 49.4 Å². The molecule has 0 amide bonds. The van der Waals surface area contributed by atoms with Gasteiger partial charge in [-0.25, -0.2) is 8.95 Å². The van der Waals surface area contributed by atoms with Crippen molar-refractivity contribution >= 4 is 28.9 Å². The molecule has 2 aromatic heterocycles. The molecule has 0 aliphatic heterocycles. The maximum atomic E-state index is 8.13. The van der Waals surface area contributed by atoms with Gasteiger partial charge in [0.05, 0.1) is 24.7 Å². The molecule has 122 valence electrons. The van der Waals surface area contributed by atoms with E-state index in [1.165, 1.54) is 11.5 Å². The van der Waals surface area contributed by atoms with E-state index in [2.05, 4.69) is 15.3 Å². The fraction of sp³-hybridized carbons (Fsp3) is 0.118. The maximum absolute atomic E-state index is 8.13. The zero-order valence-electron chi connectivity index (χ0n) is 13.4. The molecule has 0 spiro atoms. The molecule has 0 bridgehead atoms. The van der Waals surface area contributed by atoms with Crippen LogP contribution in [0, 0.1) is 12.3 Å². The Morgan fingerprint density at radius 3 is 2.67 bits per heavy atom. The van der Waals surface area contributed by atoms with Crippen molar-refractivity contribution in [2.45, 2.75) is 6.92 Å². The second-order valence-corrected chi connectivity index (χ2v) is 6.22. The van der Waals surface area contributed by atoms with Crippen LogP contribution in [0.25, 0.3) is 0 Å². The molecule has 3 aromatic rings. The molecule has 0 fully saturated rings. The Balaban J connectivity index is 2.01. The minimum absolute atomic E-state index is 0.376. The molecule has 1 aromatic carbocycles. The highest BCUT2D eigenvalue weighted by molar-refractivity contribution is 7.07. The number of ether oxygens (including phenoxy) is 1. The molecule has 24 heavy (non-hydrogen) atoms. The van der Waals surface area contributed by atoms with Crippen molar-refractivity contribution in [2.24, 2.45) is 4.99 Å². The van der Waals surface area contributed by atoms with E-state index in [9.17, 15) is 0 Å². The van der Waals surface area contributed by atoms with E-state index in [1.54, 1.807) is 29.5 Å². The normalized spacial score (nSPS) is 11.3. The number of nitrogens with zero attached hydrogens (tertiary/aromatic N) is 3. The molecule has 0 radical (unpaired) electrons. The van der Waals surface area contributed by atoms with Gasteiger partial charge in [0.15, 0.2) is 0 Å². The van der Waals surface area contributed by atoms with Gasteiger partial charge in [0.25, 0.3) is 0 Å². The first-order valence-corrected chi connectivity index (χ1v) is 8.08. The monoisotopic (exact) mass is 339 g/mol. The lowest BCUT2D eigenvalue weighted by Gasteiger charge is -2.10. The number of hydrogen-bond acceptors (Lipinski definition) is 5. The third kappa shape index (κ3) is 3.69. The van der Waals surface area contributed by atoms with E-state index in [4.69, 9.17) is 10.1 Å². The topological polar surface area (TPSA) is 75.3 Å². The highest BCUT2D eigenvalue weighted by atomic mass is 32.1. The summed E-state index contributed by atoms with van der Waals surface area (Å²) in [5.74, 6) is 1.33. The summed E-state index contributed by atoms with van der Waals surface area (Å²) >= 11 is 1.46. The SMILES string of the molecule is COc1ccc(N=C(Nc2cccnc2)n2sc(C)cc2=N)cc1. The number of hydrogen-bond donors (Lipinski definition) is 2. The summed E-state index contributed by atoms with van der Waals surface area (Å²) in [5.41, 5.74) is 1.95. The van der Waals surface area contributed by atoms with Crippen LogP contribution in [0.5, 0.6) is 5.75 Å². The van der Waals surface area contributed by atoms with Gasteiger partial charge in [-0.2, -0.15) is 0 Å². The van der Waals surface area contributed by atoms with Crippen LogP contribution in [0.15, 0.2) is 59.9 Å². The third-order valence-corrected chi connectivity index (χ3v) is 4.17. The molecule has 6 nitrogen and oxygen atoms in total. The fourth-order valence-corrected chi connectivity index (χ4v) is 2.87. The lowest BCUT2D eigenvalue weighted by atomic mass is 10.3. The number of pyridine rings is 1. The first-order chi connectivity index (χ1) is 11.7. The van der Waals surface area contributed by atoms with Crippen LogP contribution < -0.4 is 15.5 Å². The summed E-state index contributed by atoms with van der Waals surface area (Å²) < 4.78 is 6.91. The van der Waals surface area contributed by atoms with Crippen molar-refractivity contribution in [1.29, 1.82) is 5.41 Å². The Hall–Kier alpha value is -2.93. The van der Waals surface area contributed by atoms with Crippen LogP contribution in [-0.2, 0) is 0 Å². The van der Waals surface area contributed by atoms with Gasteiger partial charge in [-0.3, -0.25) is 10.4 Å². The number of aliphatic imine (C=N–C) groups is 1. The average molecular weight is 339 g/mol. The third-order valence-electron chi connectivity index (χ3n) is 3.21. The largest absolute Gasteiger partial charge is 0.497 e. The minimum atomic E-state index is 0.376. The highest BCUT2D eigenvalue weighted by Crippen LogP contribution is 2.19. The number of methoxy groups -OCH3 is 1. The molecule has 0 atom stereocenters. The molecule has 7 heteroatoms. The maximum Gasteiger partial charge on any atom is 0.223 e. The molecule has 0 aliphatic rings. The summed E-state index contributed by atoms with van der Waals surface area (Å²) in [6.45, 7) is 1.97. The van der Waals surface area contributed by atoms with Gasteiger partial charge in [0, 0.05) is 11.1 Å². The van der Waals surface area contributed by atoms with Crippen LogP contribution in [0.1, 0.15) is 4.88 Å². The van der Waals surface area contributed by atoms with E-state index < -0.39 is 0 Å². The van der Waals surface area contributed by atoms with Crippen LogP contribution in [0.2, 0.25) is 0 Å². The number of aryl methyl sites for hydroxylation is 1. The van der Waals surface area contributed by atoms with Crippen molar-refractivity contribution in [1.82, 2.24) is 8.94 Å². The Labute approximate surface area is 143 Å². The van der Waals surface area contributed by atoms with Crippen LogP contribution in [0.4, 0.5) is 11.4 Å². The van der Waals surface area contributed by atoms with Gasteiger partial charge >= 0.3 is 0 Å². The Morgan fingerprint density at radius 2 is 2.08 bits per heavy atom. The molecule has 0 saturated carbocycles. The number of nitrogens with one attached hydrogen (secondary N) is 2. The Kier molecular flexibility index (Phi) is 4.72. The summed E-state index contributed by atoms with van der Waals surface area (Å²) in [7, 11) is 1.63. The number of benzene rings is 1. The van der Waals surface area contributed by atoms with Crippen molar-refractivity contribution in [2.75, 3.05) is 12.4 Å². The van der Waals surface area contributed by atoms with E-state index >= 15 is 0 Å². The second-order valence-electron chi connectivity index (χ2n) is 5.03.